The highest BCUT2D eigenvalue weighted by molar-refractivity contribution is 5.30. The second kappa shape index (κ2) is 32.2. The van der Waals surface area contributed by atoms with Crippen molar-refractivity contribution in [3.05, 3.63) is 41.5 Å². The third kappa shape index (κ3) is 16.4. The number of ether oxygens (including phenoxy) is 15. The highest BCUT2D eigenvalue weighted by Crippen LogP contribution is 2.38. The van der Waals surface area contributed by atoms with Gasteiger partial charge in [0.15, 0.2) is 43.5 Å². The molecule has 0 aliphatic carbocycles. The fraction of sp³-hybridized carbons (Fsp3) is 0.857. The van der Waals surface area contributed by atoms with E-state index in [0.29, 0.717) is 6.42 Å². The molecular formula is C56H89NO38. The van der Waals surface area contributed by atoms with Crippen molar-refractivity contribution in [1.82, 2.24) is 5.32 Å². The molecule has 95 heavy (non-hydrogen) atoms. The van der Waals surface area contributed by atoms with Gasteiger partial charge in [-0.3, -0.25) is 0 Å². The predicted molar refractivity (Wildman–Crippen MR) is 298 cm³/mol. The summed E-state index contributed by atoms with van der Waals surface area (Å²) in [6.07, 6.45) is -62.6. The summed E-state index contributed by atoms with van der Waals surface area (Å²) in [6, 6.07) is 6.11. The standard InChI is InChI=1S/C56H89NO38/c1-56(2)25(57-48(80)47(56)79)8-16-4-6-17(7-5-16)88-55-44(77)38(71)31(64)23(95-55)14-87-54-45(78)46(81-3)32(65)24(94-54)15-86-53-43(76)37(70)30(63)22(93-53)13-85-52-42(75)36(69)29(62)21(92-52)12-84-51-41(74)35(68)28(61)20(91-51)11-83-50-40(73)34(67)27(60)19(90-50)10-82-49-39(72)33(66)26(59)18(9-58)89-49/h4-7,18-46,49-55,57-80H,8-15H2,1-3H3. The SMILES string of the molecule is COC1C(O)C(COC2OC(COC3OC(COC4OC(COC5OC(COC6OC(CO)C(O)C(O)C6O)C(O)C(O)C5O)C(O)C(O)C4O)C(O)C(O)C3O)C(O)C(O)C2O)OC(OCC2OC(Oc3ccc(CC4NC(O)=C(O)C4(C)C)cc3)C(O)C(O)C2O)C1O. The number of aliphatic hydroxyl groups excluding tert-OH is 23. The van der Waals surface area contributed by atoms with Crippen molar-refractivity contribution in [3.8, 4) is 5.75 Å². The van der Waals surface area contributed by atoms with Crippen LogP contribution in [-0.2, 0) is 72.7 Å². The summed E-state index contributed by atoms with van der Waals surface area (Å²) < 4.78 is 84.4. The van der Waals surface area contributed by atoms with E-state index in [4.69, 9.17) is 71.1 Å². The summed E-state index contributed by atoms with van der Waals surface area (Å²) in [5.74, 6) is -0.320. The molecule has 0 spiro atoms. The van der Waals surface area contributed by atoms with Crippen LogP contribution in [0.4, 0.5) is 0 Å². The highest BCUT2D eigenvalue weighted by atomic mass is 16.8. The topological polar surface area (TPSA) is 616 Å². The lowest BCUT2D eigenvalue weighted by Gasteiger charge is -2.45. The first kappa shape index (κ1) is 76.0. The fourth-order valence-electron chi connectivity index (χ4n) is 12.0. The van der Waals surface area contributed by atoms with Crippen molar-refractivity contribution in [2.24, 2.45) is 5.41 Å². The highest BCUT2D eigenvalue weighted by Gasteiger charge is 2.54. The number of rotatable bonds is 24. The second-order valence-corrected chi connectivity index (χ2v) is 25.1. The van der Waals surface area contributed by atoms with Crippen LogP contribution in [0.15, 0.2) is 35.9 Å². The van der Waals surface area contributed by atoms with Crippen LogP contribution >= 0.6 is 0 Å². The number of hydrogen-bond donors (Lipinski definition) is 24. The van der Waals surface area contributed by atoms with Gasteiger partial charge in [-0.05, 0) is 24.1 Å². The average Bonchev–Trinajstić information content (AvgIpc) is 1.79. The number of methoxy groups -OCH3 is 1. The number of hydrogen-bond acceptors (Lipinski definition) is 39. The molecule has 9 rings (SSSR count). The summed E-state index contributed by atoms with van der Waals surface area (Å²) in [5.41, 5.74) is -0.00123. The molecule has 0 amide bonds. The molecular weight excluding hydrogens is 1290 g/mol. The molecule has 7 fully saturated rings. The summed E-state index contributed by atoms with van der Waals surface area (Å²) in [7, 11) is 1.14. The van der Waals surface area contributed by atoms with Gasteiger partial charge in [0, 0.05) is 18.6 Å². The Morgan fingerprint density at radius 3 is 0.926 bits per heavy atom. The van der Waals surface area contributed by atoms with Gasteiger partial charge in [-0.15, -0.1) is 0 Å². The molecule has 8 heterocycles. The van der Waals surface area contributed by atoms with Crippen LogP contribution in [0.25, 0.3) is 0 Å². The van der Waals surface area contributed by atoms with Gasteiger partial charge >= 0.3 is 0 Å². The molecule has 546 valence electrons. The van der Waals surface area contributed by atoms with E-state index in [1.807, 2.05) is 0 Å². The van der Waals surface area contributed by atoms with E-state index in [1.54, 1.807) is 38.1 Å². The van der Waals surface area contributed by atoms with Crippen molar-refractivity contribution in [2.45, 2.75) is 241 Å². The lowest BCUT2D eigenvalue weighted by molar-refractivity contribution is -0.353. The van der Waals surface area contributed by atoms with Crippen molar-refractivity contribution in [3.63, 3.8) is 0 Å². The Labute approximate surface area is 539 Å². The van der Waals surface area contributed by atoms with E-state index in [9.17, 15) is 117 Å². The molecule has 24 N–H and O–H groups in total. The minimum Gasteiger partial charge on any atom is -0.506 e. The Hall–Kier alpha value is -3.24. The quantitative estimate of drug-likeness (QED) is 0.0457. The zero-order valence-electron chi connectivity index (χ0n) is 51.2. The van der Waals surface area contributed by atoms with Crippen LogP contribution < -0.4 is 10.1 Å². The number of aliphatic hydroxyl groups is 23. The van der Waals surface area contributed by atoms with Crippen LogP contribution in [-0.4, -0.2) is 392 Å². The van der Waals surface area contributed by atoms with Crippen LogP contribution in [0, 0.1) is 5.41 Å². The van der Waals surface area contributed by atoms with Crippen molar-refractivity contribution in [1.29, 1.82) is 0 Å². The van der Waals surface area contributed by atoms with Crippen molar-refractivity contribution < 1.29 is 189 Å². The molecule has 0 radical (unpaired) electrons. The van der Waals surface area contributed by atoms with E-state index < -0.39 is 267 Å². The maximum atomic E-state index is 11.2. The Morgan fingerprint density at radius 1 is 0.358 bits per heavy atom. The number of benzene rings is 1. The molecule has 39 nitrogen and oxygen atoms in total. The van der Waals surface area contributed by atoms with Gasteiger partial charge < -0.3 is 194 Å². The summed E-state index contributed by atoms with van der Waals surface area (Å²) in [5, 5.41) is 248. The monoisotopic (exact) mass is 1380 g/mol. The number of nitrogens with one attached hydrogen (secondary N) is 1. The molecule has 1 aromatic carbocycles. The van der Waals surface area contributed by atoms with Crippen LogP contribution in [0.2, 0.25) is 0 Å². The third-order valence-electron chi connectivity index (χ3n) is 18.3. The Morgan fingerprint density at radius 2 is 0.632 bits per heavy atom. The van der Waals surface area contributed by atoms with Gasteiger partial charge in [0.05, 0.1) is 46.2 Å². The minimum atomic E-state index is -2.06. The smallest absolute Gasteiger partial charge is 0.229 e. The molecule has 8 aliphatic rings. The third-order valence-corrected chi connectivity index (χ3v) is 18.3. The van der Waals surface area contributed by atoms with Gasteiger partial charge in [-0.25, -0.2) is 0 Å². The van der Waals surface area contributed by atoms with Gasteiger partial charge in [-0.1, -0.05) is 26.0 Å². The van der Waals surface area contributed by atoms with E-state index in [2.05, 4.69) is 5.32 Å². The summed E-state index contributed by atoms with van der Waals surface area (Å²) >= 11 is 0. The summed E-state index contributed by atoms with van der Waals surface area (Å²) in [6.45, 7) is -1.84. The van der Waals surface area contributed by atoms with Crippen LogP contribution in [0.1, 0.15) is 19.4 Å². The van der Waals surface area contributed by atoms with Crippen molar-refractivity contribution >= 4 is 0 Å². The minimum absolute atomic E-state index is 0.173. The molecule has 0 aromatic heterocycles. The largest absolute Gasteiger partial charge is 0.506 e. The van der Waals surface area contributed by atoms with Gasteiger partial charge in [-0.2, -0.15) is 0 Å². The lowest BCUT2D eigenvalue weighted by Crippen LogP contribution is -2.63. The molecule has 8 aliphatic heterocycles. The first-order valence-corrected chi connectivity index (χ1v) is 30.6. The van der Waals surface area contributed by atoms with E-state index >= 15 is 0 Å². The Bertz CT molecular complexity index is 2580. The summed E-state index contributed by atoms with van der Waals surface area (Å²) in [4.78, 5) is 0. The molecule has 36 atom stereocenters. The molecule has 1 aromatic rings. The molecule has 0 bridgehead atoms. The predicted octanol–water partition coefficient (Wildman–Crippen LogP) is -12.7. The zero-order chi connectivity index (χ0) is 69.4. The van der Waals surface area contributed by atoms with Crippen LogP contribution in [0.3, 0.4) is 0 Å². The first-order chi connectivity index (χ1) is 44.9. The fourth-order valence-corrected chi connectivity index (χ4v) is 12.0. The lowest BCUT2D eigenvalue weighted by atomic mass is 9.82. The van der Waals surface area contributed by atoms with Gasteiger partial charge in [0.25, 0.3) is 0 Å². The molecule has 0 saturated carbocycles. The molecule has 36 unspecified atom stereocenters. The van der Waals surface area contributed by atoms with Crippen molar-refractivity contribution in [2.75, 3.05) is 53.4 Å². The molecule has 7 saturated heterocycles. The van der Waals surface area contributed by atoms with E-state index in [-0.39, 0.29) is 23.4 Å². The Balaban J connectivity index is 0.751. The normalized spacial score (nSPS) is 48.1. The molecule has 39 heteroatoms. The average molecular weight is 1380 g/mol. The maximum absolute atomic E-state index is 11.2. The second-order valence-electron chi connectivity index (χ2n) is 25.1. The Kier molecular flexibility index (Phi) is 25.7. The van der Waals surface area contributed by atoms with E-state index in [1.165, 1.54) is 0 Å². The van der Waals surface area contributed by atoms with Crippen LogP contribution in [0.5, 0.6) is 5.75 Å². The first-order valence-electron chi connectivity index (χ1n) is 30.6. The maximum Gasteiger partial charge on any atom is 0.229 e. The van der Waals surface area contributed by atoms with Gasteiger partial charge in [0.2, 0.25) is 12.2 Å². The van der Waals surface area contributed by atoms with E-state index in [0.717, 1.165) is 12.7 Å². The van der Waals surface area contributed by atoms with Gasteiger partial charge in [0.1, 0.15) is 177 Å². The zero-order valence-corrected chi connectivity index (χ0v) is 51.2.